The molecule has 1 saturated carbocycles. The number of nitrogens with zero attached hydrogens (tertiary/aromatic N) is 2. The zero-order chi connectivity index (χ0) is 10.8. The van der Waals surface area contributed by atoms with Crippen molar-refractivity contribution in [3.8, 4) is 0 Å². The Morgan fingerprint density at radius 2 is 2.07 bits per heavy atom. The van der Waals surface area contributed by atoms with Crippen LogP contribution >= 0.6 is 0 Å². The van der Waals surface area contributed by atoms with E-state index in [1.807, 2.05) is 20.2 Å². The fraction of sp³-hybridized carbons (Fsp3) is 0.750. The van der Waals surface area contributed by atoms with Gasteiger partial charge in [-0.3, -0.25) is 4.68 Å². The van der Waals surface area contributed by atoms with Gasteiger partial charge in [0.1, 0.15) is 0 Å². The molecule has 0 aromatic carbocycles. The standard InChI is InChI=1S/C12H20N2O/c1-9-11(8-14(2)13-9)12(15)10-6-4-3-5-7-10/h8,10,12,15H,3-7H2,1-2H3. The van der Waals surface area contributed by atoms with Crippen molar-refractivity contribution in [3.05, 3.63) is 17.5 Å². The van der Waals surface area contributed by atoms with Gasteiger partial charge in [0.05, 0.1) is 11.8 Å². The smallest absolute Gasteiger partial charge is 0.0851 e. The Balaban J connectivity index is 2.12. The molecule has 2 rings (SSSR count). The molecule has 0 bridgehead atoms. The van der Waals surface area contributed by atoms with Gasteiger partial charge in [0, 0.05) is 18.8 Å². The number of aliphatic hydroxyl groups is 1. The first-order valence-electron chi connectivity index (χ1n) is 5.86. The molecule has 3 nitrogen and oxygen atoms in total. The Morgan fingerprint density at radius 3 is 2.60 bits per heavy atom. The molecule has 0 saturated heterocycles. The molecule has 0 amide bonds. The first kappa shape index (κ1) is 10.7. The summed E-state index contributed by atoms with van der Waals surface area (Å²) in [4.78, 5) is 0. The van der Waals surface area contributed by atoms with Crippen molar-refractivity contribution in [2.45, 2.75) is 45.1 Å². The molecule has 3 heteroatoms. The summed E-state index contributed by atoms with van der Waals surface area (Å²) in [5.74, 6) is 0.446. The van der Waals surface area contributed by atoms with E-state index >= 15 is 0 Å². The van der Waals surface area contributed by atoms with Gasteiger partial charge < -0.3 is 5.11 Å². The predicted molar refractivity (Wildman–Crippen MR) is 59.5 cm³/mol. The quantitative estimate of drug-likeness (QED) is 0.810. The van der Waals surface area contributed by atoms with Crippen LogP contribution in [0.1, 0.15) is 49.5 Å². The molecule has 1 heterocycles. The van der Waals surface area contributed by atoms with Crippen LogP contribution in [-0.4, -0.2) is 14.9 Å². The first-order valence-corrected chi connectivity index (χ1v) is 5.86. The monoisotopic (exact) mass is 208 g/mol. The number of aryl methyl sites for hydroxylation is 2. The van der Waals surface area contributed by atoms with Crippen LogP contribution in [0, 0.1) is 12.8 Å². The van der Waals surface area contributed by atoms with Crippen LogP contribution in [0.15, 0.2) is 6.20 Å². The van der Waals surface area contributed by atoms with E-state index in [1.54, 1.807) is 4.68 Å². The van der Waals surface area contributed by atoms with Crippen LogP contribution in [0.25, 0.3) is 0 Å². The molecule has 1 unspecified atom stereocenters. The van der Waals surface area contributed by atoms with Crippen molar-refractivity contribution in [2.24, 2.45) is 13.0 Å². The van der Waals surface area contributed by atoms with Gasteiger partial charge in [0.25, 0.3) is 0 Å². The lowest BCUT2D eigenvalue weighted by atomic mass is 9.83. The summed E-state index contributed by atoms with van der Waals surface area (Å²) in [6.45, 7) is 1.97. The van der Waals surface area contributed by atoms with Gasteiger partial charge in [-0.05, 0) is 25.7 Å². The van der Waals surface area contributed by atoms with Crippen LogP contribution < -0.4 is 0 Å². The molecule has 0 radical (unpaired) electrons. The highest BCUT2D eigenvalue weighted by molar-refractivity contribution is 5.19. The van der Waals surface area contributed by atoms with Gasteiger partial charge >= 0.3 is 0 Å². The highest BCUT2D eigenvalue weighted by Crippen LogP contribution is 2.34. The largest absolute Gasteiger partial charge is 0.388 e. The number of hydrogen-bond donors (Lipinski definition) is 1. The van der Waals surface area contributed by atoms with E-state index in [9.17, 15) is 5.11 Å². The third-order valence-corrected chi connectivity index (χ3v) is 3.47. The lowest BCUT2D eigenvalue weighted by molar-refractivity contribution is 0.0842. The number of hydrogen-bond acceptors (Lipinski definition) is 2. The summed E-state index contributed by atoms with van der Waals surface area (Å²) in [5.41, 5.74) is 1.99. The Labute approximate surface area is 91.1 Å². The second-order valence-electron chi connectivity index (χ2n) is 4.69. The minimum Gasteiger partial charge on any atom is -0.388 e. The van der Waals surface area contributed by atoms with E-state index in [-0.39, 0.29) is 6.10 Å². The Hall–Kier alpha value is -0.830. The van der Waals surface area contributed by atoms with Crippen molar-refractivity contribution < 1.29 is 5.11 Å². The van der Waals surface area contributed by atoms with Crippen LogP contribution in [0.2, 0.25) is 0 Å². The third-order valence-electron chi connectivity index (χ3n) is 3.47. The van der Waals surface area contributed by atoms with Gasteiger partial charge in [-0.1, -0.05) is 19.3 Å². The SMILES string of the molecule is Cc1nn(C)cc1C(O)C1CCCCC1. The van der Waals surface area contributed by atoms with E-state index in [4.69, 9.17) is 0 Å². The van der Waals surface area contributed by atoms with E-state index < -0.39 is 0 Å². The second-order valence-corrected chi connectivity index (χ2v) is 4.69. The lowest BCUT2D eigenvalue weighted by Gasteiger charge is -2.26. The number of rotatable bonds is 2. The minimum atomic E-state index is -0.306. The van der Waals surface area contributed by atoms with E-state index in [2.05, 4.69) is 5.10 Å². The molecule has 84 valence electrons. The lowest BCUT2D eigenvalue weighted by Crippen LogP contribution is -2.16. The average Bonchev–Trinajstić information content (AvgIpc) is 2.58. The van der Waals surface area contributed by atoms with E-state index in [0.29, 0.717) is 5.92 Å². The maximum absolute atomic E-state index is 10.3. The first-order chi connectivity index (χ1) is 7.18. The highest BCUT2D eigenvalue weighted by Gasteiger charge is 2.25. The molecule has 1 aromatic heterocycles. The summed E-state index contributed by atoms with van der Waals surface area (Å²) >= 11 is 0. The van der Waals surface area contributed by atoms with Crippen LogP contribution in [0.4, 0.5) is 0 Å². The summed E-state index contributed by atoms with van der Waals surface area (Å²) < 4.78 is 1.79. The second kappa shape index (κ2) is 4.35. The maximum Gasteiger partial charge on any atom is 0.0851 e. The Morgan fingerprint density at radius 1 is 1.40 bits per heavy atom. The molecule has 1 N–H and O–H groups in total. The van der Waals surface area contributed by atoms with Gasteiger partial charge in [-0.25, -0.2) is 0 Å². The molecule has 1 aliphatic carbocycles. The van der Waals surface area contributed by atoms with E-state index in [1.165, 1.54) is 19.3 Å². The molecule has 1 aliphatic rings. The average molecular weight is 208 g/mol. The summed E-state index contributed by atoms with van der Waals surface area (Å²) in [7, 11) is 1.91. The molecule has 1 fully saturated rings. The minimum absolute atomic E-state index is 0.306. The van der Waals surface area contributed by atoms with Crippen LogP contribution in [-0.2, 0) is 7.05 Å². The van der Waals surface area contributed by atoms with E-state index in [0.717, 1.165) is 24.1 Å². The maximum atomic E-state index is 10.3. The van der Waals surface area contributed by atoms with Crippen LogP contribution in [0.5, 0.6) is 0 Å². The molecule has 1 atom stereocenters. The summed E-state index contributed by atoms with van der Waals surface area (Å²) in [6.07, 6.45) is 7.83. The normalized spacial score (nSPS) is 20.5. The van der Waals surface area contributed by atoms with Gasteiger partial charge in [-0.15, -0.1) is 0 Å². The van der Waals surface area contributed by atoms with Crippen molar-refractivity contribution >= 4 is 0 Å². The number of aliphatic hydroxyl groups excluding tert-OH is 1. The molecular formula is C12H20N2O. The Kier molecular flexibility index (Phi) is 3.10. The van der Waals surface area contributed by atoms with Crippen molar-refractivity contribution in [1.29, 1.82) is 0 Å². The summed E-state index contributed by atoms with van der Waals surface area (Å²) in [6, 6.07) is 0. The van der Waals surface area contributed by atoms with Crippen molar-refractivity contribution in [1.82, 2.24) is 9.78 Å². The topological polar surface area (TPSA) is 38.0 Å². The molecule has 0 aliphatic heterocycles. The van der Waals surface area contributed by atoms with Gasteiger partial charge in [-0.2, -0.15) is 5.10 Å². The fourth-order valence-electron chi connectivity index (χ4n) is 2.61. The van der Waals surface area contributed by atoms with Crippen molar-refractivity contribution in [2.75, 3.05) is 0 Å². The molecule has 15 heavy (non-hydrogen) atoms. The molecular weight excluding hydrogens is 188 g/mol. The Bertz CT molecular complexity index is 326. The zero-order valence-corrected chi connectivity index (χ0v) is 9.61. The van der Waals surface area contributed by atoms with Crippen LogP contribution in [0.3, 0.4) is 0 Å². The third kappa shape index (κ3) is 2.23. The predicted octanol–water partition coefficient (Wildman–Crippen LogP) is 2.34. The zero-order valence-electron chi connectivity index (χ0n) is 9.61. The highest BCUT2D eigenvalue weighted by atomic mass is 16.3. The van der Waals surface area contributed by atoms with Gasteiger partial charge in [0.2, 0.25) is 0 Å². The van der Waals surface area contributed by atoms with Gasteiger partial charge in [0.15, 0.2) is 0 Å². The fourth-order valence-corrected chi connectivity index (χ4v) is 2.61. The summed E-state index contributed by atoms with van der Waals surface area (Å²) in [5, 5.41) is 14.6. The molecule has 1 aromatic rings. The molecule has 0 spiro atoms. The van der Waals surface area contributed by atoms with Crippen molar-refractivity contribution in [3.63, 3.8) is 0 Å². The number of aromatic nitrogens is 2.